The van der Waals surface area contributed by atoms with Crippen molar-refractivity contribution in [3.8, 4) is 0 Å². The van der Waals surface area contributed by atoms with Crippen molar-refractivity contribution in [2.75, 3.05) is 0 Å². The van der Waals surface area contributed by atoms with Gasteiger partial charge in [-0.1, -0.05) is 24.6 Å². The molecule has 1 aliphatic carbocycles. The lowest BCUT2D eigenvalue weighted by atomic mass is 9.95. The van der Waals surface area contributed by atoms with E-state index in [9.17, 15) is 5.11 Å². The molecule has 2 unspecified atom stereocenters. The predicted octanol–water partition coefficient (Wildman–Crippen LogP) is 2.86. The molecular weight excluding hydrogens is 198 g/mol. The molecule has 1 saturated carbocycles. The van der Waals surface area contributed by atoms with Gasteiger partial charge in [0.25, 0.3) is 0 Å². The van der Waals surface area contributed by atoms with Gasteiger partial charge in [-0.2, -0.15) is 0 Å². The number of nitrogens with zero attached hydrogens (tertiary/aromatic N) is 1. The Kier molecular flexibility index (Phi) is 2.37. The van der Waals surface area contributed by atoms with Crippen LogP contribution in [0.2, 0.25) is 0 Å². The Morgan fingerprint density at radius 1 is 1.19 bits per heavy atom. The van der Waals surface area contributed by atoms with E-state index >= 15 is 0 Å². The average molecular weight is 213 g/mol. The molecule has 1 aromatic carbocycles. The molecule has 0 spiro atoms. The van der Waals surface area contributed by atoms with Crippen molar-refractivity contribution in [1.82, 2.24) is 4.98 Å². The van der Waals surface area contributed by atoms with Gasteiger partial charge >= 0.3 is 0 Å². The lowest BCUT2D eigenvalue weighted by molar-refractivity contribution is 0.164. The van der Waals surface area contributed by atoms with Gasteiger partial charge in [-0.25, -0.2) is 0 Å². The minimum atomic E-state index is -0.166. The Morgan fingerprint density at radius 2 is 2.12 bits per heavy atom. The van der Waals surface area contributed by atoms with Crippen LogP contribution in [0, 0.1) is 0 Å². The third-order valence-corrected chi connectivity index (χ3v) is 3.54. The van der Waals surface area contributed by atoms with Crippen molar-refractivity contribution in [3.05, 3.63) is 42.1 Å². The predicted molar refractivity (Wildman–Crippen MR) is 64.3 cm³/mol. The minimum Gasteiger partial charge on any atom is -0.392 e. The van der Waals surface area contributed by atoms with Crippen LogP contribution in [0.1, 0.15) is 30.7 Å². The lowest BCUT2D eigenvalue weighted by Gasteiger charge is -2.15. The van der Waals surface area contributed by atoms with Gasteiger partial charge in [0.15, 0.2) is 0 Å². The second-order valence-corrected chi connectivity index (χ2v) is 4.56. The number of rotatable bonds is 1. The second-order valence-electron chi connectivity index (χ2n) is 4.56. The molecule has 0 saturated heterocycles. The largest absolute Gasteiger partial charge is 0.392 e. The van der Waals surface area contributed by atoms with Crippen LogP contribution in [0.3, 0.4) is 0 Å². The number of pyridine rings is 1. The van der Waals surface area contributed by atoms with Crippen molar-refractivity contribution in [3.63, 3.8) is 0 Å². The summed E-state index contributed by atoms with van der Waals surface area (Å²) >= 11 is 0. The highest BCUT2D eigenvalue weighted by Crippen LogP contribution is 2.35. The Labute approximate surface area is 94.9 Å². The molecule has 1 N–H and O–H groups in total. The Morgan fingerprint density at radius 3 is 2.94 bits per heavy atom. The van der Waals surface area contributed by atoms with Gasteiger partial charge in [-0.05, 0) is 30.5 Å². The third-order valence-electron chi connectivity index (χ3n) is 3.54. The molecule has 0 bridgehead atoms. The zero-order chi connectivity index (χ0) is 11.0. The molecule has 1 aliphatic rings. The maximum absolute atomic E-state index is 9.89. The molecule has 1 aromatic heterocycles. The second kappa shape index (κ2) is 3.87. The fourth-order valence-corrected chi connectivity index (χ4v) is 2.64. The minimum absolute atomic E-state index is 0.166. The first-order chi connectivity index (χ1) is 7.84. The molecule has 0 aliphatic heterocycles. The molecule has 16 heavy (non-hydrogen) atoms. The first-order valence-electron chi connectivity index (χ1n) is 5.87. The number of fused-ring (bicyclic) bond motifs is 1. The molecule has 2 heteroatoms. The summed E-state index contributed by atoms with van der Waals surface area (Å²) in [5.41, 5.74) is 2.26. The van der Waals surface area contributed by atoms with E-state index in [-0.39, 0.29) is 6.10 Å². The summed E-state index contributed by atoms with van der Waals surface area (Å²) in [6.45, 7) is 0. The molecule has 2 atom stereocenters. The van der Waals surface area contributed by atoms with E-state index in [1.807, 2.05) is 12.3 Å². The molecule has 0 radical (unpaired) electrons. The van der Waals surface area contributed by atoms with E-state index in [0.29, 0.717) is 5.92 Å². The fourth-order valence-electron chi connectivity index (χ4n) is 2.64. The molecule has 1 heterocycles. The molecule has 0 amide bonds. The van der Waals surface area contributed by atoms with Gasteiger partial charge in [-0.3, -0.25) is 4.98 Å². The topological polar surface area (TPSA) is 33.1 Å². The van der Waals surface area contributed by atoms with Crippen LogP contribution in [-0.2, 0) is 0 Å². The smallest absolute Gasteiger partial charge is 0.0704 e. The average Bonchev–Trinajstić information content (AvgIpc) is 2.75. The Hall–Kier alpha value is -1.41. The Bertz CT molecular complexity index is 509. The fraction of sp³-hybridized carbons (Fsp3) is 0.357. The SMILES string of the molecule is OC1CCCC1c1ccc2cccnc2c1. The summed E-state index contributed by atoms with van der Waals surface area (Å²) in [6, 6.07) is 10.4. The van der Waals surface area contributed by atoms with Crippen LogP contribution >= 0.6 is 0 Å². The van der Waals surface area contributed by atoms with Gasteiger partial charge in [0.2, 0.25) is 0 Å². The van der Waals surface area contributed by atoms with E-state index < -0.39 is 0 Å². The van der Waals surface area contributed by atoms with Crippen molar-refractivity contribution in [2.24, 2.45) is 0 Å². The standard InChI is InChI=1S/C14H15NO/c16-14-5-1-4-12(14)11-7-6-10-3-2-8-15-13(10)9-11/h2-3,6-9,12,14,16H,1,4-5H2. The highest BCUT2D eigenvalue weighted by molar-refractivity contribution is 5.79. The van der Waals surface area contributed by atoms with Crippen LogP contribution in [0.4, 0.5) is 0 Å². The Balaban J connectivity index is 2.04. The van der Waals surface area contributed by atoms with Crippen LogP contribution in [-0.4, -0.2) is 16.2 Å². The van der Waals surface area contributed by atoms with Crippen molar-refractivity contribution >= 4 is 10.9 Å². The number of aliphatic hydroxyl groups is 1. The molecule has 1 fully saturated rings. The van der Waals surface area contributed by atoms with E-state index in [2.05, 4.69) is 29.2 Å². The van der Waals surface area contributed by atoms with Gasteiger partial charge in [0, 0.05) is 17.5 Å². The first-order valence-corrected chi connectivity index (χ1v) is 5.87. The monoisotopic (exact) mass is 213 g/mol. The number of benzene rings is 1. The van der Waals surface area contributed by atoms with E-state index in [4.69, 9.17) is 0 Å². The zero-order valence-corrected chi connectivity index (χ0v) is 9.13. The normalized spacial score (nSPS) is 25.1. The maximum Gasteiger partial charge on any atom is 0.0704 e. The molecular formula is C14H15NO. The third kappa shape index (κ3) is 1.59. The molecule has 3 rings (SSSR count). The number of aliphatic hydroxyl groups excluding tert-OH is 1. The molecule has 2 aromatic rings. The van der Waals surface area contributed by atoms with Gasteiger partial charge in [0.1, 0.15) is 0 Å². The van der Waals surface area contributed by atoms with Gasteiger partial charge in [-0.15, -0.1) is 0 Å². The van der Waals surface area contributed by atoms with Crippen LogP contribution < -0.4 is 0 Å². The summed E-state index contributed by atoms with van der Waals surface area (Å²) in [6.07, 6.45) is 4.81. The number of hydrogen-bond donors (Lipinski definition) is 1. The summed E-state index contributed by atoms with van der Waals surface area (Å²) < 4.78 is 0. The highest BCUT2D eigenvalue weighted by Gasteiger charge is 2.26. The van der Waals surface area contributed by atoms with Crippen molar-refractivity contribution < 1.29 is 5.11 Å². The highest BCUT2D eigenvalue weighted by atomic mass is 16.3. The van der Waals surface area contributed by atoms with Gasteiger partial charge < -0.3 is 5.11 Å². The van der Waals surface area contributed by atoms with Crippen molar-refractivity contribution in [1.29, 1.82) is 0 Å². The van der Waals surface area contributed by atoms with Crippen molar-refractivity contribution in [2.45, 2.75) is 31.3 Å². The first kappa shape index (κ1) is 9.79. The van der Waals surface area contributed by atoms with Crippen LogP contribution in [0.25, 0.3) is 10.9 Å². The maximum atomic E-state index is 9.89. The molecule has 82 valence electrons. The van der Waals surface area contributed by atoms with E-state index in [0.717, 1.165) is 24.8 Å². The number of hydrogen-bond acceptors (Lipinski definition) is 2. The summed E-state index contributed by atoms with van der Waals surface area (Å²) in [4.78, 5) is 4.36. The van der Waals surface area contributed by atoms with Crippen LogP contribution in [0.5, 0.6) is 0 Å². The van der Waals surface area contributed by atoms with Crippen LogP contribution in [0.15, 0.2) is 36.5 Å². The summed E-state index contributed by atoms with van der Waals surface area (Å²) in [5, 5.41) is 11.1. The van der Waals surface area contributed by atoms with Gasteiger partial charge in [0.05, 0.1) is 11.6 Å². The van der Waals surface area contributed by atoms with E-state index in [1.54, 1.807) is 0 Å². The quantitative estimate of drug-likeness (QED) is 0.790. The number of aromatic nitrogens is 1. The summed E-state index contributed by atoms with van der Waals surface area (Å²) in [7, 11) is 0. The zero-order valence-electron chi connectivity index (χ0n) is 9.13. The lowest BCUT2D eigenvalue weighted by Crippen LogP contribution is -2.10. The summed E-state index contributed by atoms with van der Waals surface area (Å²) in [5.74, 6) is 0.311. The van der Waals surface area contributed by atoms with E-state index in [1.165, 1.54) is 10.9 Å². The molecule has 2 nitrogen and oxygen atoms in total.